The standard InChI is InChI=1S/C52H103N3O16/c1-3-4-5-18-23-53-51(57)54-24-20-15-17-22-50(56)21-16-13-11-9-7-6-8-10-12-14-19-25-55-52(58)71-49-48-70-47-46-69-45-44-68-43-42-67-41-40-66-39-38-65-37-36-64-35-34-63-33-32-62-31-30-61-29-28-60-27-26-59-2/h3-49H2,1-2H3,(H,55,58)(H2,53,54,57). The van der Waals surface area contributed by atoms with Crippen LogP contribution >= 0.6 is 0 Å². The number of amides is 3. The fourth-order valence-electron chi connectivity index (χ4n) is 6.68. The molecule has 0 bridgehead atoms. The molecule has 0 heterocycles. The lowest BCUT2D eigenvalue weighted by atomic mass is 10.0. The first-order valence-corrected chi connectivity index (χ1v) is 27.4. The summed E-state index contributed by atoms with van der Waals surface area (Å²) in [7, 11) is 1.64. The first-order valence-electron chi connectivity index (χ1n) is 27.4. The van der Waals surface area contributed by atoms with Gasteiger partial charge in [0, 0.05) is 39.6 Å². The van der Waals surface area contributed by atoms with Crippen LogP contribution in [0.4, 0.5) is 9.59 Å². The number of carbonyl (C=O) groups is 3. The maximum Gasteiger partial charge on any atom is 0.407 e. The topological polar surface area (TPSA) is 207 Å². The molecule has 422 valence electrons. The number of unbranched alkanes of at least 4 members (excludes halogenated alkanes) is 15. The van der Waals surface area contributed by atoms with E-state index in [1.807, 2.05) is 0 Å². The molecule has 0 aliphatic rings. The number of Topliss-reactive ketones (excluding diaryl/α,β-unsaturated/α-hetero) is 1. The summed E-state index contributed by atoms with van der Waals surface area (Å²) in [6, 6.07) is -0.0808. The average Bonchev–Trinajstić information content (AvgIpc) is 3.37. The van der Waals surface area contributed by atoms with Crippen LogP contribution in [0.2, 0.25) is 0 Å². The van der Waals surface area contributed by atoms with Crippen molar-refractivity contribution in [1.29, 1.82) is 0 Å². The van der Waals surface area contributed by atoms with Crippen LogP contribution in [0.3, 0.4) is 0 Å². The summed E-state index contributed by atoms with van der Waals surface area (Å²) < 4.78 is 70.2. The van der Waals surface area contributed by atoms with Crippen LogP contribution in [-0.4, -0.2) is 203 Å². The Labute approximate surface area is 429 Å². The molecule has 19 heteroatoms. The second-order valence-electron chi connectivity index (χ2n) is 17.0. The lowest BCUT2D eigenvalue weighted by molar-refractivity contribution is -0.119. The maximum atomic E-state index is 12.2. The van der Waals surface area contributed by atoms with Gasteiger partial charge < -0.3 is 77.5 Å². The van der Waals surface area contributed by atoms with Gasteiger partial charge in [0.1, 0.15) is 12.4 Å². The first kappa shape index (κ1) is 68.7. The SMILES string of the molecule is CCCCCCNC(=O)NCCCCCC(=O)CCCCCCCCCCCCCNC(=O)OCCOCCOCCOCCOCCOCCOCCOCCOCCOCCOCCOCCOC. The van der Waals surface area contributed by atoms with Gasteiger partial charge in [-0.15, -0.1) is 0 Å². The van der Waals surface area contributed by atoms with Crippen molar-refractivity contribution in [3.63, 3.8) is 0 Å². The minimum atomic E-state index is -0.409. The van der Waals surface area contributed by atoms with Crippen molar-refractivity contribution in [3.05, 3.63) is 0 Å². The summed E-state index contributed by atoms with van der Waals surface area (Å²) in [4.78, 5) is 35.8. The number of methoxy groups -OCH3 is 1. The smallest absolute Gasteiger partial charge is 0.407 e. The molecule has 0 saturated heterocycles. The number of nitrogens with one attached hydrogen (secondary N) is 3. The largest absolute Gasteiger partial charge is 0.447 e. The van der Waals surface area contributed by atoms with E-state index in [9.17, 15) is 14.4 Å². The molecule has 0 spiro atoms. The molecule has 0 aromatic rings. The Morgan fingerprint density at radius 3 is 0.873 bits per heavy atom. The van der Waals surface area contributed by atoms with Gasteiger partial charge in [0.15, 0.2) is 0 Å². The van der Waals surface area contributed by atoms with E-state index in [0.717, 1.165) is 64.3 Å². The van der Waals surface area contributed by atoms with E-state index in [1.54, 1.807) is 7.11 Å². The Morgan fingerprint density at radius 1 is 0.296 bits per heavy atom. The number of ketones is 1. The van der Waals surface area contributed by atoms with Crippen molar-refractivity contribution in [1.82, 2.24) is 16.0 Å². The Morgan fingerprint density at radius 2 is 0.549 bits per heavy atom. The van der Waals surface area contributed by atoms with E-state index in [0.29, 0.717) is 184 Å². The molecule has 0 atom stereocenters. The molecule has 0 fully saturated rings. The number of carbonyl (C=O) groups excluding carboxylic acids is 3. The predicted molar refractivity (Wildman–Crippen MR) is 275 cm³/mol. The lowest BCUT2D eigenvalue weighted by Crippen LogP contribution is -2.36. The van der Waals surface area contributed by atoms with Gasteiger partial charge in [-0.05, 0) is 32.1 Å². The normalized spacial score (nSPS) is 11.4. The molecule has 0 aromatic heterocycles. The van der Waals surface area contributed by atoms with Crippen LogP contribution in [0, 0.1) is 0 Å². The fourth-order valence-corrected chi connectivity index (χ4v) is 6.68. The molecule has 0 aliphatic heterocycles. The van der Waals surface area contributed by atoms with Crippen LogP contribution in [0.15, 0.2) is 0 Å². The lowest BCUT2D eigenvalue weighted by Gasteiger charge is -2.09. The quantitative estimate of drug-likeness (QED) is 0.0514. The molecule has 0 aliphatic carbocycles. The molecular weight excluding hydrogens is 923 g/mol. The monoisotopic (exact) mass is 1030 g/mol. The third kappa shape index (κ3) is 61.9. The highest BCUT2D eigenvalue weighted by molar-refractivity contribution is 5.78. The molecule has 19 nitrogen and oxygen atoms in total. The minimum Gasteiger partial charge on any atom is -0.447 e. The fraction of sp³-hybridized carbons (Fsp3) is 0.942. The molecule has 0 saturated carbocycles. The van der Waals surface area contributed by atoms with Crippen molar-refractivity contribution in [2.45, 2.75) is 135 Å². The van der Waals surface area contributed by atoms with Crippen LogP contribution in [-0.2, 0) is 66.4 Å². The Kier molecular flexibility index (Phi) is 60.0. The third-order valence-electron chi connectivity index (χ3n) is 10.7. The zero-order chi connectivity index (χ0) is 51.3. The number of alkyl carbamates (subject to hydrolysis) is 1. The van der Waals surface area contributed by atoms with Crippen molar-refractivity contribution < 1.29 is 76.0 Å². The molecule has 0 unspecified atom stereocenters. The summed E-state index contributed by atoms with van der Waals surface area (Å²) in [6.07, 6.45) is 21.2. The summed E-state index contributed by atoms with van der Waals surface area (Å²) in [5.74, 6) is 0.377. The van der Waals surface area contributed by atoms with E-state index < -0.39 is 6.09 Å². The average molecular weight is 1030 g/mol. The highest BCUT2D eigenvalue weighted by atomic mass is 16.6. The van der Waals surface area contributed by atoms with E-state index in [4.69, 9.17) is 61.6 Å². The van der Waals surface area contributed by atoms with Crippen molar-refractivity contribution >= 4 is 17.9 Å². The number of ether oxygens (including phenoxy) is 13. The second kappa shape index (κ2) is 62.0. The number of hydrogen-bond acceptors (Lipinski definition) is 16. The van der Waals surface area contributed by atoms with Crippen molar-refractivity contribution in [2.75, 3.05) is 185 Å². The minimum absolute atomic E-state index is 0.0808. The maximum absolute atomic E-state index is 12.2. The Balaban J connectivity index is 3.21. The molecule has 71 heavy (non-hydrogen) atoms. The van der Waals surface area contributed by atoms with Crippen LogP contribution in [0.25, 0.3) is 0 Å². The van der Waals surface area contributed by atoms with Crippen molar-refractivity contribution in [3.8, 4) is 0 Å². The number of urea groups is 1. The Hall–Kier alpha value is -2.27. The van der Waals surface area contributed by atoms with E-state index in [1.165, 1.54) is 57.8 Å². The third-order valence-corrected chi connectivity index (χ3v) is 10.7. The zero-order valence-electron chi connectivity index (χ0n) is 44.8. The molecular formula is C52H103N3O16. The zero-order valence-corrected chi connectivity index (χ0v) is 44.8. The Bertz CT molecular complexity index is 1090. The summed E-state index contributed by atoms with van der Waals surface area (Å²) in [5.41, 5.74) is 0. The highest BCUT2D eigenvalue weighted by Crippen LogP contribution is 2.13. The van der Waals surface area contributed by atoms with Gasteiger partial charge in [-0.1, -0.05) is 90.4 Å². The number of rotatable bonds is 61. The summed E-state index contributed by atoms with van der Waals surface area (Å²) in [5, 5.41) is 8.62. The summed E-state index contributed by atoms with van der Waals surface area (Å²) >= 11 is 0. The summed E-state index contributed by atoms with van der Waals surface area (Å²) in [6.45, 7) is 15.7. The molecule has 0 rings (SSSR count). The predicted octanol–water partition coefficient (Wildman–Crippen LogP) is 7.23. The first-order chi connectivity index (χ1) is 35.1. The number of hydrogen-bond donors (Lipinski definition) is 3. The van der Waals surface area contributed by atoms with Gasteiger partial charge in [-0.3, -0.25) is 4.79 Å². The highest BCUT2D eigenvalue weighted by Gasteiger charge is 2.05. The molecule has 0 aromatic carbocycles. The van der Waals surface area contributed by atoms with E-state index >= 15 is 0 Å². The van der Waals surface area contributed by atoms with Crippen LogP contribution < -0.4 is 16.0 Å². The van der Waals surface area contributed by atoms with Gasteiger partial charge in [-0.2, -0.15) is 0 Å². The molecule has 0 radical (unpaired) electrons. The van der Waals surface area contributed by atoms with Gasteiger partial charge in [0.25, 0.3) is 0 Å². The molecule has 3 amide bonds. The van der Waals surface area contributed by atoms with Crippen molar-refractivity contribution in [2.24, 2.45) is 0 Å². The molecule has 3 N–H and O–H groups in total. The van der Waals surface area contributed by atoms with Crippen LogP contribution in [0.5, 0.6) is 0 Å². The van der Waals surface area contributed by atoms with Gasteiger partial charge >= 0.3 is 12.1 Å². The van der Waals surface area contributed by atoms with Crippen LogP contribution in [0.1, 0.15) is 135 Å². The van der Waals surface area contributed by atoms with E-state index in [-0.39, 0.29) is 12.6 Å². The van der Waals surface area contributed by atoms with E-state index in [2.05, 4.69) is 22.9 Å². The van der Waals surface area contributed by atoms with Gasteiger partial charge in [0.05, 0.1) is 152 Å². The second-order valence-corrected chi connectivity index (χ2v) is 17.0. The van der Waals surface area contributed by atoms with Gasteiger partial charge in [0.2, 0.25) is 0 Å². The van der Waals surface area contributed by atoms with Gasteiger partial charge in [-0.25, -0.2) is 9.59 Å².